The van der Waals surface area contributed by atoms with Crippen LogP contribution in [-0.2, 0) is 7.05 Å². The molecule has 2 aromatic rings. The molecule has 0 unspecified atom stereocenters. The van der Waals surface area contributed by atoms with Crippen molar-refractivity contribution < 1.29 is 9.53 Å². The van der Waals surface area contributed by atoms with Crippen molar-refractivity contribution in [1.29, 1.82) is 0 Å². The van der Waals surface area contributed by atoms with E-state index in [1.165, 1.54) is 0 Å². The van der Waals surface area contributed by atoms with Crippen LogP contribution in [0.5, 0.6) is 5.88 Å². The number of aromatic nitrogens is 2. The maximum absolute atomic E-state index is 11.8. The van der Waals surface area contributed by atoms with Gasteiger partial charge in [-0.05, 0) is 6.92 Å². The highest BCUT2D eigenvalue weighted by Crippen LogP contribution is 2.11. The molecule has 1 heterocycles. The lowest BCUT2D eigenvalue weighted by Crippen LogP contribution is -2.13. The highest BCUT2D eigenvalue weighted by atomic mass is 16.5. The van der Waals surface area contributed by atoms with Crippen molar-refractivity contribution in [3.8, 4) is 5.88 Å². The van der Waals surface area contributed by atoms with Crippen LogP contribution in [0.25, 0.3) is 0 Å². The smallest absolute Gasteiger partial charge is 0.212 e. The summed E-state index contributed by atoms with van der Waals surface area (Å²) in [7, 11) is 1.79. The lowest BCUT2D eigenvalue weighted by Gasteiger charge is -2.04. The van der Waals surface area contributed by atoms with Crippen LogP contribution < -0.4 is 4.74 Å². The highest BCUT2D eigenvalue weighted by molar-refractivity contribution is 5.97. The molecular weight excluding hydrogens is 216 g/mol. The molecule has 1 aromatic heterocycles. The summed E-state index contributed by atoms with van der Waals surface area (Å²) in [5.74, 6) is 0.566. The molecule has 4 nitrogen and oxygen atoms in total. The first-order valence-corrected chi connectivity index (χ1v) is 5.38. The largest absolute Gasteiger partial charge is 0.469 e. The van der Waals surface area contributed by atoms with Gasteiger partial charge < -0.3 is 4.74 Å². The van der Waals surface area contributed by atoms with E-state index in [0.29, 0.717) is 11.4 Å². The molecule has 0 aliphatic heterocycles. The van der Waals surface area contributed by atoms with Gasteiger partial charge in [-0.1, -0.05) is 30.3 Å². The zero-order valence-corrected chi connectivity index (χ0v) is 9.88. The molecule has 0 fully saturated rings. The van der Waals surface area contributed by atoms with Crippen LogP contribution in [0.4, 0.5) is 0 Å². The second-order valence-electron chi connectivity index (χ2n) is 3.83. The van der Waals surface area contributed by atoms with Gasteiger partial charge in [-0.25, -0.2) is 4.68 Å². The SMILES string of the molecule is Cc1cc(OCC(=O)c2ccccc2)n(C)n1. The van der Waals surface area contributed by atoms with Crippen molar-refractivity contribution >= 4 is 5.78 Å². The van der Waals surface area contributed by atoms with E-state index in [4.69, 9.17) is 4.74 Å². The first kappa shape index (κ1) is 11.4. The van der Waals surface area contributed by atoms with Gasteiger partial charge in [0.25, 0.3) is 0 Å². The zero-order chi connectivity index (χ0) is 12.3. The molecular formula is C13H14N2O2. The van der Waals surface area contributed by atoms with Crippen LogP contribution in [0.15, 0.2) is 36.4 Å². The number of Topliss-reactive ketones (excluding diaryl/α,β-unsaturated/α-hetero) is 1. The van der Waals surface area contributed by atoms with Gasteiger partial charge in [0, 0.05) is 18.7 Å². The molecule has 0 radical (unpaired) electrons. The molecule has 0 bridgehead atoms. The minimum absolute atomic E-state index is 0.0307. The predicted octanol–water partition coefficient (Wildman–Crippen LogP) is 1.99. The summed E-state index contributed by atoms with van der Waals surface area (Å²) in [5, 5.41) is 4.14. The van der Waals surface area contributed by atoms with Crippen LogP contribution in [0, 0.1) is 6.92 Å². The minimum Gasteiger partial charge on any atom is -0.469 e. The number of ether oxygens (including phenoxy) is 1. The Morgan fingerprint density at radius 1 is 1.35 bits per heavy atom. The summed E-state index contributed by atoms with van der Waals surface area (Å²) in [6.45, 7) is 1.91. The van der Waals surface area contributed by atoms with Gasteiger partial charge in [-0.2, -0.15) is 5.10 Å². The summed E-state index contributed by atoms with van der Waals surface area (Å²) >= 11 is 0. The Balaban J connectivity index is 1.99. The van der Waals surface area contributed by atoms with Gasteiger partial charge in [0.2, 0.25) is 5.88 Å². The van der Waals surface area contributed by atoms with Crippen LogP contribution in [-0.4, -0.2) is 22.2 Å². The van der Waals surface area contributed by atoms with Crippen LogP contribution in [0.1, 0.15) is 16.1 Å². The fraction of sp³-hybridized carbons (Fsp3) is 0.231. The monoisotopic (exact) mass is 230 g/mol. The fourth-order valence-electron chi connectivity index (χ4n) is 1.57. The second kappa shape index (κ2) is 4.82. The number of hydrogen-bond donors (Lipinski definition) is 0. The Morgan fingerprint density at radius 2 is 2.06 bits per heavy atom. The minimum atomic E-state index is -0.0375. The van der Waals surface area contributed by atoms with Crippen molar-refractivity contribution in [2.24, 2.45) is 7.05 Å². The molecule has 88 valence electrons. The van der Waals surface area contributed by atoms with Gasteiger partial charge in [-0.15, -0.1) is 0 Å². The van der Waals surface area contributed by atoms with E-state index in [1.807, 2.05) is 25.1 Å². The Kier molecular flexibility index (Phi) is 3.23. The number of carbonyl (C=O) groups excluding carboxylic acids is 1. The molecule has 4 heteroatoms. The van der Waals surface area contributed by atoms with Gasteiger partial charge in [0.05, 0.1) is 5.69 Å². The number of ketones is 1. The normalized spacial score (nSPS) is 10.2. The Hall–Kier alpha value is -2.10. The summed E-state index contributed by atoms with van der Waals surface area (Å²) in [6.07, 6.45) is 0. The molecule has 0 aliphatic rings. The number of nitrogens with zero attached hydrogens (tertiary/aromatic N) is 2. The number of aryl methyl sites for hydroxylation is 2. The fourth-order valence-corrected chi connectivity index (χ4v) is 1.57. The van der Waals surface area contributed by atoms with E-state index in [-0.39, 0.29) is 12.4 Å². The number of benzene rings is 1. The predicted molar refractivity (Wildman–Crippen MR) is 64.2 cm³/mol. The van der Waals surface area contributed by atoms with Crippen LogP contribution in [0.3, 0.4) is 0 Å². The number of hydrogen-bond acceptors (Lipinski definition) is 3. The molecule has 0 N–H and O–H groups in total. The van der Waals surface area contributed by atoms with E-state index in [2.05, 4.69) is 5.10 Å². The lowest BCUT2D eigenvalue weighted by atomic mass is 10.1. The molecule has 2 rings (SSSR count). The summed E-state index contributed by atoms with van der Waals surface area (Å²) < 4.78 is 7.04. The Bertz CT molecular complexity index is 517. The van der Waals surface area contributed by atoms with Gasteiger partial charge in [-0.3, -0.25) is 4.79 Å². The quantitative estimate of drug-likeness (QED) is 0.754. The Labute approximate surface area is 99.8 Å². The van der Waals surface area contributed by atoms with Crippen LogP contribution in [0.2, 0.25) is 0 Å². The van der Waals surface area contributed by atoms with E-state index >= 15 is 0 Å². The lowest BCUT2D eigenvalue weighted by molar-refractivity contribution is 0.0915. The standard InChI is InChI=1S/C13H14N2O2/c1-10-8-13(15(2)14-10)17-9-12(16)11-6-4-3-5-7-11/h3-8H,9H2,1-2H3. The third kappa shape index (κ3) is 2.72. The van der Waals surface area contributed by atoms with Crippen molar-refractivity contribution in [2.75, 3.05) is 6.61 Å². The van der Waals surface area contributed by atoms with Crippen LogP contribution >= 0.6 is 0 Å². The molecule has 0 spiro atoms. The third-order valence-electron chi connectivity index (χ3n) is 2.41. The number of rotatable bonds is 4. The molecule has 1 aromatic carbocycles. The zero-order valence-electron chi connectivity index (χ0n) is 9.88. The molecule has 0 amide bonds. The van der Waals surface area contributed by atoms with Crippen molar-refractivity contribution in [3.63, 3.8) is 0 Å². The second-order valence-corrected chi connectivity index (χ2v) is 3.83. The summed E-state index contributed by atoms with van der Waals surface area (Å²) in [5.41, 5.74) is 1.53. The highest BCUT2D eigenvalue weighted by Gasteiger charge is 2.08. The maximum Gasteiger partial charge on any atom is 0.212 e. The van der Waals surface area contributed by atoms with E-state index < -0.39 is 0 Å². The first-order valence-electron chi connectivity index (χ1n) is 5.38. The summed E-state index contributed by atoms with van der Waals surface area (Å²) in [4.78, 5) is 11.8. The van der Waals surface area contributed by atoms with Gasteiger partial charge in [0.15, 0.2) is 12.4 Å². The van der Waals surface area contributed by atoms with Gasteiger partial charge >= 0.3 is 0 Å². The molecule has 0 saturated heterocycles. The Morgan fingerprint density at radius 3 is 2.65 bits per heavy atom. The first-order chi connectivity index (χ1) is 8.16. The molecule has 0 atom stereocenters. The maximum atomic E-state index is 11.8. The van der Waals surface area contributed by atoms with Gasteiger partial charge in [0.1, 0.15) is 0 Å². The average Bonchev–Trinajstić information content (AvgIpc) is 2.66. The average molecular weight is 230 g/mol. The molecule has 0 saturated carbocycles. The molecule has 0 aliphatic carbocycles. The topological polar surface area (TPSA) is 44.1 Å². The van der Waals surface area contributed by atoms with Crippen molar-refractivity contribution in [3.05, 3.63) is 47.7 Å². The van der Waals surface area contributed by atoms with E-state index in [1.54, 1.807) is 29.9 Å². The van der Waals surface area contributed by atoms with E-state index in [0.717, 1.165) is 5.69 Å². The van der Waals surface area contributed by atoms with Crippen molar-refractivity contribution in [2.45, 2.75) is 6.92 Å². The van der Waals surface area contributed by atoms with Crippen molar-refractivity contribution in [1.82, 2.24) is 9.78 Å². The summed E-state index contributed by atoms with van der Waals surface area (Å²) in [6, 6.07) is 10.9. The number of carbonyl (C=O) groups is 1. The molecule has 17 heavy (non-hydrogen) atoms. The third-order valence-corrected chi connectivity index (χ3v) is 2.41. The van der Waals surface area contributed by atoms with E-state index in [9.17, 15) is 4.79 Å².